The van der Waals surface area contributed by atoms with E-state index in [0.29, 0.717) is 18.1 Å². The van der Waals surface area contributed by atoms with Crippen molar-refractivity contribution < 1.29 is 4.79 Å². The zero-order valence-corrected chi connectivity index (χ0v) is 13.6. The van der Waals surface area contributed by atoms with E-state index in [1.807, 2.05) is 0 Å². The molecule has 5 nitrogen and oxygen atoms in total. The lowest BCUT2D eigenvalue weighted by molar-refractivity contribution is 0.0725. The van der Waals surface area contributed by atoms with Crippen LogP contribution in [0.3, 0.4) is 0 Å². The number of likely N-dealkylation sites (tertiary alicyclic amines) is 1. The third-order valence-electron chi connectivity index (χ3n) is 6.35. The molecule has 4 rings (SSSR count). The quantitative estimate of drug-likeness (QED) is 0.813. The lowest BCUT2D eigenvalue weighted by atomic mass is 9.89. The summed E-state index contributed by atoms with van der Waals surface area (Å²) in [5.74, 6) is 0. The maximum atomic E-state index is 12.4. The molecule has 1 saturated carbocycles. The van der Waals surface area contributed by atoms with Crippen LogP contribution in [0, 0.1) is 0 Å². The second-order valence-corrected chi connectivity index (χ2v) is 7.56. The Morgan fingerprint density at radius 1 is 0.864 bits per heavy atom. The molecule has 2 amide bonds. The van der Waals surface area contributed by atoms with Crippen molar-refractivity contribution >= 4 is 6.03 Å². The van der Waals surface area contributed by atoms with Crippen molar-refractivity contribution in [1.29, 1.82) is 0 Å². The summed E-state index contributed by atoms with van der Waals surface area (Å²) in [5, 5.41) is 6.70. The number of piperidine rings is 2. The molecule has 0 radical (unpaired) electrons. The highest BCUT2D eigenvalue weighted by atomic mass is 16.2. The van der Waals surface area contributed by atoms with E-state index in [9.17, 15) is 4.79 Å². The fourth-order valence-electron chi connectivity index (χ4n) is 5.13. The summed E-state index contributed by atoms with van der Waals surface area (Å²) in [7, 11) is 0. The summed E-state index contributed by atoms with van der Waals surface area (Å²) in [6.45, 7) is 4.69. The van der Waals surface area contributed by atoms with Gasteiger partial charge in [0.25, 0.3) is 0 Å². The van der Waals surface area contributed by atoms with Crippen molar-refractivity contribution in [3.63, 3.8) is 0 Å². The molecule has 0 spiro atoms. The van der Waals surface area contributed by atoms with Crippen LogP contribution in [0.5, 0.6) is 0 Å². The highest BCUT2D eigenvalue weighted by Crippen LogP contribution is 2.32. The smallest absolute Gasteiger partial charge is 0.318 e. The molecule has 0 bridgehead atoms. The van der Waals surface area contributed by atoms with Gasteiger partial charge in [-0.05, 0) is 51.6 Å². The van der Waals surface area contributed by atoms with Gasteiger partial charge in [-0.3, -0.25) is 0 Å². The Bertz CT molecular complexity index is 401. The summed E-state index contributed by atoms with van der Waals surface area (Å²) in [4.78, 5) is 17.3. The van der Waals surface area contributed by atoms with E-state index < -0.39 is 0 Å². The molecule has 4 fully saturated rings. The van der Waals surface area contributed by atoms with Crippen molar-refractivity contribution in [3.8, 4) is 0 Å². The fourth-order valence-corrected chi connectivity index (χ4v) is 5.13. The zero-order chi connectivity index (χ0) is 14.9. The van der Waals surface area contributed by atoms with Crippen LogP contribution in [0.25, 0.3) is 0 Å². The van der Waals surface area contributed by atoms with Crippen LogP contribution >= 0.6 is 0 Å². The normalized spacial score (nSPS) is 35.5. The molecule has 1 aliphatic carbocycles. The van der Waals surface area contributed by atoms with Gasteiger partial charge in [0.2, 0.25) is 0 Å². The van der Waals surface area contributed by atoms with Gasteiger partial charge in [-0.25, -0.2) is 4.79 Å². The first kappa shape index (κ1) is 14.8. The lowest BCUT2D eigenvalue weighted by Gasteiger charge is -2.43. The average molecular weight is 306 g/mol. The second kappa shape index (κ2) is 6.36. The molecule has 4 aliphatic rings. The Morgan fingerprint density at radius 2 is 1.59 bits per heavy atom. The molecule has 0 aromatic carbocycles. The lowest BCUT2D eigenvalue weighted by Crippen LogP contribution is -2.53. The van der Waals surface area contributed by atoms with Crippen LogP contribution in [0.1, 0.15) is 51.4 Å². The second-order valence-electron chi connectivity index (χ2n) is 7.56. The number of fused-ring (bicyclic) bond motifs is 1. The van der Waals surface area contributed by atoms with E-state index in [4.69, 9.17) is 0 Å². The van der Waals surface area contributed by atoms with Crippen molar-refractivity contribution in [2.45, 2.75) is 75.5 Å². The van der Waals surface area contributed by atoms with Crippen molar-refractivity contribution in [2.75, 3.05) is 26.2 Å². The number of nitrogens with zero attached hydrogens (tertiary/aromatic N) is 2. The van der Waals surface area contributed by atoms with Crippen LogP contribution in [0.4, 0.5) is 4.79 Å². The first-order valence-electron chi connectivity index (χ1n) is 9.36. The average Bonchev–Trinajstić information content (AvgIpc) is 2.91. The van der Waals surface area contributed by atoms with Crippen LogP contribution in [0.15, 0.2) is 0 Å². The number of urea groups is 1. The predicted octanol–water partition coefficient (Wildman–Crippen LogP) is 1.54. The Morgan fingerprint density at radius 3 is 2.36 bits per heavy atom. The minimum atomic E-state index is 0.220. The molecule has 3 saturated heterocycles. The zero-order valence-electron chi connectivity index (χ0n) is 13.6. The highest BCUT2D eigenvalue weighted by Gasteiger charge is 2.44. The van der Waals surface area contributed by atoms with Crippen LogP contribution < -0.4 is 10.6 Å². The number of nitrogens with one attached hydrogen (secondary N) is 2. The van der Waals surface area contributed by atoms with E-state index in [0.717, 1.165) is 6.04 Å². The molecule has 0 aromatic heterocycles. The standard InChI is InChI=1S/C17H30N4O/c22-17-19-15-3-1-2-4-16(15)21(17)14-7-11-20(12-8-14)13-5-9-18-10-6-13/h13-16,18H,1-12H2,(H,19,22)/t15-,16-/m0/s1. The molecule has 3 aliphatic heterocycles. The molecular formula is C17H30N4O. The number of carbonyl (C=O) groups excluding carboxylic acids is 1. The minimum Gasteiger partial charge on any atom is -0.333 e. The minimum absolute atomic E-state index is 0.220. The Labute approximate surface area is 133 Å². The van der Waals surface area contributed by atoms with Crippen molar-refractivity contribution in [1.82, 2.24) is 20.4 Å². The van der Waals surface area contributed by atoms with Gasteiger partial charge in [0.1, 0.15) is 0 Å². The number of rotatable bonds is 2. The van der Waals surface area contributed by atoms with Gasteiger partial charge < -0.3 is 20.4 Å². The summed E-state index contributed by atoms with van der Waals surface area (Å²) in [5.41, 5.74) is 0. The summed E-state index contributed by atoms with van der Waals surface area (Å²) >= 11 is 0. The fraction of sp³-hybridized carbons (Fsp3) is 0.941. The number of carbonyl (C=O) groups is 1. The van der Waals surface area contributed by atoms with Crippen molar-refractivity contribution in [2.24, 2.45) is 0 Å². The summed E-state index contributed by atoms with van der Waals surface area (Å²) in [6, 6.07) is 2.39. The van der Waals surface area contributed by atoms with Crippen LogP contribution in [0.2, 0.25) is 0 Å². The Balaban J connectivity index is 1.35. The van der Waals surface area contributed by atoms with Gasteiger partial charge in [0.05, 0.1) is 12.1 Å². The molecule has 3 heterocycles. The SMILES string of the molecule is O=C1N[C@H]2CCCC[C@@H]2N1C1CCN(C2CCNCC2)CC1. The highest BCUT2D eigenvalue weighted by molar-refractivity contribution is 5.78. The van der Waals surface area contributed by atoms with Gasteiger partial charge >= 0.3 is 6.03 Å². The first-order valence-corrected chi connectivity index (χ1v) is 9.36. The number of amides is 2. The van der Waals surface area contributed by atoms with Gasteiger partial charge in [-0.15, -0.1) is 0 Å². The maximum Gasteiger partial charge on any atom is 0.318 e. The summed E-state index contributed by atoms with van der Waals surface area (Å²) < 4.78 is 0. The third-order valence-corrected chi connectivity index (χ3v) is 6.35. The molecule has 2 atom stereocenters. The summed E-state index contributed by atoms with van der Waals surface area (Å²) in [6.07, 6.45) is 9.88. The van der Waals surface area contributed by atoms with E-state index in [1.54, 1.807) is 0 Å². The van der Waals surface area contributed by atoms with Crippen molar-refractivity contribution in [3.05, 3.63) is 0 Å². The maximum absolute atomic E-state index is 12.4. The van der Waals surface area contributed by atoms with Crippen LogP contribution in [-0.4, -0.2) is 66.2 Å². The van der Waals surface area contributed by atoms with E-state index in [1.165, 1.54) is 77.5 Å². The molecule has 0 aromatic rings. The van der Waals surface area contributed by atoms with E-state index >= 15 is 0 Å². The first-order chi connectivity index (χ1) is 10.8. The molecule has 2 N–H and O–H groups in total. The molecular weight excluding hydrogens is 276 g/mol. The topological polar surface area (TPSA) is 47.6 Å². The number of hydrogen-bond donors (Lipinski definition) is 2. The van der Waals surface area contributed by atoms with Gasteiger partial charge in [0, 0.05) is 25.2 Å². The number of hydrogen-bond acceptors (Lipinski definition) is 3. The monoisotopic (exact) mass is 306 g/mol. The third kappa shape index (κ3) is 2.73. The van der Waals surface area contributed by atoms with E-state index in [2.05, 4.69) is 20.4 Å². The largest absolute Gasteiger partial charge is 0.333 e. The molecule has 5 heteroatoms. The molecule has 124 valence electrons. The van der Waals surface area contributed by atoms with E-state index in [-0.39, 0.29) is 6.03 Å². The van der Waals surface area contributed by atoms with Gasteiger partial charge in [-0.2, -0.15) is 0 Å². The molecule has 0 unspecified atom stereocenters. The Kier molecular flexibility index (Phi) is 4.27. The van der Waals surface area contributed by atoms with Crippen LogP contribution in [-0.2, 0) is 0 Å². The van der Waals surface area contributed by atoms with Gasteiger partial charge in [-0.1, -0.05) is 12.8 Å². The Hall–Kier alpha value is -0.810. The predicted molar refractivity (Wildman–Crippen MR) is 86.9 cm³/mol. The van der Waals surface area contributed by atoms with Gasteiger partial charge in [0.15, 0.2) is 0 Å². The molecule has 22 heavy (non-hydrogen) atoms.